The number of hydrogen-bond donors (Lipinski definition) is 2. The van der Waals surface area contributed by atoms with Crippen LogP contribution in [0.2, 0.25) is 0 Å². The van der Waals surface area contributed by atoms with Gasteiger partial charge in [-0.1, -0.05) is 30.3 Å². The molecular weight excluding hydrogens is 330 g/mol. The Morgan fingerprint density at radius 2 is 1.88 bits per heavy atom. The molecule has 1 saturated heterocycles. The van der Waals surface area contributed by atoms with Crippen molar-refractivity contribution in [3.05, 3.63) is 60.2 Å². The van der Waals surface area contributed by atoms with E-state index in [1.54, 1.807) is 4.90 Å². The van der Waals surface area contributed by atoms with Crippen LogP contribution in [0.3, 0.4) is 0 Å². The van der Waals surface area contributed by atoms with Gasteiger partial charge in [-0.15, -0.1) is 0 Å². The van der Waals surface area contributed by atoms with E-state index in [-0.39, 0.29) is 18.2 Å². The zero-order chi connectivity index (χ0) is 18.4. The fourth-order valence-electron chi connectivity index (χ4n) is 3.08. The third-order valence-electron chi connectivity index (χ3n) is 4.51. The molecule has 0 saturated carbocycles. The minimum atomic E-state index is -0.401. The first-order valence-electron chi connectivity index (χ1n) is 8.75. The average molecular weight is 353 g/mol. The number of nitrogens with one attached hydrogen (secondary N) is 1. The second kappa shape index (κ2) is 8.49. The molecule has 2 aromatic carbocycles. The SMILES string of the molecule is NNC(=O)C1CC(=O)N(c2ccc(OCCCc3ccccc3)cc2)C1. The number of benzene rings is 2. The highest BCUT2D eigenvalue weighted by molar-refractivity contribution is 6.00. The van der Waals surface area contributed by atoms with E-state index in [1.165, 1.54) is 5.56 Å². The normalized spacial score (nSPS) is 16.6. The van der Waals surface area contributed by atoms with Crippen LogP contribution in [0.25, 0.3) is 0 Å². The third-order valence-corrected chi connectivity index (χ3v) is 4.51. The maximum Gasteiger partial charge on any atom is 0.239 e. The van der Waals surface area contributed by atoms with Gasteiger partial charge in [-0.25, -0.2) is 5.84 Å². The zero-order valence-corrected chi connectivity index (χ0v) is 14.6. The van der Waals surface area contributed by atoms with Crippen LogP contribution in [0.4, 0.5) is 5.69 Å². The molecule has 6 heteroatoms. The fourth-order valence-corrected chi connectivity index (χ4v) is 3.08. The number of carbonyl (C=O) groups excluding carboxylic acids is 2. The Kier molecular flexibility index (Phi) is 5.86. The first-order chi connectivity index (χ1) is 12.7. The van der Waals surface area contributed by atoms with Crippen molar-refractivity contribution in [2.45, 2.75) is 19.3 Å². The van der Waals surface area contributed by atoms with Gasteiger partial charge in [0.2, 0.25) is 11.8 Å². The second-order valence-electron chi connectivity index (χ2n) is 6.35. The number of rotatable bonds is 7. The van der Waals surface area contributed by atoms with Crippen molar-refractivity contribution in [1.82, 2.24) is 5.43 Å². The van der Waals surface area contributed by atoms with E-state index in [0.29, 0.717) is 13.2 Å². The Morgan fingerprint density at radius 3 is 2.58 bits per heavy atom. The summed E-state index contributed by atoms with van der Waals surface area (Å²) in [4.78, 5) is 25.3. The summed E-state index contributed by atoms with van der Waals surface area (Å²) in [6.45, 7) is 0.981. The van der Waals surface area contributed by atoms with E-state index in [4.69, 9.17) is 10.6 Å². The summed E-state index contributed by atoms with van der Waals surface area (Å²) in [7, 11) is 0. The molecule has 1 atom stereocenters. The minimum Gasteiger partial charge on any atom is -0.494 e. The summed E-state index contributed by atoms with van der Waals surface area (Å²) in [5, 5.41) is 0. The van der Waals surface area contributed by atoms with Gasteiger partial charge in [-0.2, -0.15) is 0 Å². The molecule has 0 aromatic heterocycles. The molecule has 2 aromatic rings. The van der Waals surface area contributed by atoms with Gasteiger partial charge in [-0.3, -0.25) is 15.0 Å². The standard InChI is InChI=1S/C20H23N3O3/c21-22-20(25)16-13-19(24)23(14-16)17-8-10-18(11-9-17)26-12-4-7-15-5-2-1-3-6-15/h1-3,5-6,8-11,16H,4,7,12-14,21H2,(H,22,25). The highest BCUT2D eigenvalue weighted by Gasteiger charge is 2.34. The number of carbonyl (C=O) groups is 2. The van der Waals surface area contributed by atoms with Crippen LogP contribution in [0, 0.1) is 5.92 Å². The van der Waals surface area contributed by atoms with Crippen LogP contribution < -0.4 is 20.9 Å². The predicted octanol–water partition coefficient (Wildman–Crippen LogP) is 2.04. The molecule has 0 aliphatic carbocycles. The fraction of sp³-hybridized carbons (Fsp3) is 0.300. The van der Waals surface area contributed by atoms with Crippen LogP contribution >= 0.6 is 0 Å². The number of nitrogens with zero attached hydrogens (tertiary/aromatic N) is 1. The number of amides is 2. The lowest BCUT2D eigenvalue weighted by Crippen LogP contribution is -2.37. The summed E-state index contributed by atoms with van der Waals surface area (Å²) in [6.07, 6.45) is 2.10. The van der Waals surface area contributed by atoms with Gasteiger partial charge in [0, 0.05) is 18.7 Å². The monoisotopic (exact) mass is 353 g/mol. The Labute approximate surface area is 152 Å². The summed E-state index contributed by atoms with van der Waals surface area (Å²) < 4.78 is 5.76. The average Bonchev–Trinajstić information content (AvgIpc) is 3.07. The smallest absolute Gasteiger partial charge is 0.239 e. The van der Waals surface area contributed by atoms with E-state index in [2.05, 4.69) is 17.6 Å². The third kappa shape index (κ3) is 4.40. The molecule has 0 radical (unpaired) electrons. The maximum atomic E-state index is 12.1. The van der Waals surface area contributed by atoms with Crippen molar-refractivity contribution in [3.63, 3.8) is 0 Å². The molecule has 1 aliphatic heterocycles. The highest BCUT2D eigenvalue weighted by Crippen LogP contribution is 2.27. The molecule has 1 unspecified atom stereocenters. The second-order valence-corrected chi connectivity index (χ2v) is 6.35. The van der Waals surface area contributed by atoms with Gasteiger partial charge < -0.3 is 9.64 Å². The van der Waals surface area contributed by atoms with Gasteiger partial charge in [0.05, 0.1) is 12.5 Å². The van der Waals surface area contributed by atoms with E-state index in [9.17, 15) is 9.59 Å². The molecule has 26 heavy (non-hydrogen) atoms. The van der Waals surface area contributed by atoms with Gasteiger partial charge in [0.25, 0.3) is 0 Å². The molecule has 2 amide bonds. The van der Waals surface area contributed by atoms with Gasteiger partial charge in [0.1, 0.15) is 5.75 Å². The Bertz CT molecular complexity index is 747. The number of hydrogen-bond acceptors (Lipinski definition) is 4. The van der Waals surface area contributed by atoms with E-state index >= 15 is 0 Å². The van der Waals surface area contributed by atoms with E-state index in [0.717, 1.165) is 24.3 Å². The molecule has 6 nitrogen and oxygen atoms in total. The van der Waals surface area contributed by atoms with Crippen molar-refractivity contribution in [2.75, 3.05) is 18.1 Å². The van der Waals surface area contributed by atoms with Crippen molar-refractivity contribution in [3.8, 4) is 5.75 Å². The lowest BCUT2D eigenvalue weighted by Gasteiger charge is -2.17. The maximum absolute atomic E-state index is 12.1. The molecule has 0 bridgehead atoms. The lowest BCUT2D eigenvalue weighted by molar-refractivity contribution is -0.126. The van der Waals surface area contributed by atoms with Crippen molar-refractivity contribution in [2.24, 2.45) is 11.8 Å². The predicted molar refractivity (Wildman–Crippen MR) is 99.5 cm³/mol. The number of nitrogens with two attached hydrogens (primary N) is 1. The summed E-state index contributed by atoms with van der Waals surface area (Å²) >= 11 is 0. The van der Waals surface area contributed by atoms with Crippen LogP contribution in [-0.2, 0) is 16.0 Å². The Hall–Kier alpha value is -2.86. The summed E-state index contributed by atoms with van der Waals surface area (Å²) in [5.74, 6) is 5.14. The first-order valence-corrected chi connectivity index (χ1v) is 8.75. The molecule has 1 fully saturated rings. The van der Waals surface area contributed by atoms with E-state index in [1.807, 2.05) is 42.5 Å². The van der Waals surface area contributed by atoms with Crippen molar-refractivity contribution < 1.29 is 14.3 Å². The molecular formula is C20H23N3O3. The number of anilines is 1. The molecule has 1 aliphatic rings. The molecule has 3 rings (SSSR count). The lowest BCUT2D eigenvalue weighted by atomic mass is 10.1. The Morgan fingerprint density at radius 1 is 1.15 bits per heavy atom. The molecule has 1 heterocycles. The van der Waals surface area contributed by atoms with E-state index < -0.39 is 5.92 Å². The van der Waals surface area contributed by atoms with Crippen molar-refractivity contribution in [1.29, 1.82) is 0 Å². The zero-order valence-electron chi connectivity index (χ0n) is 14.6. The first kappa shape index (κ1) is 17.9. The quantitative estimate of drug-likeness (QED) is 0.345. The van der Waals surface area contributed by atoms with Crippen molar-refractivity contribution >= 4 is 17.5 Å². The van der Waals surface area contributed by atoms with Gasteiger partial charge in [-0.05, 0) is 42.7 Å². The minimum absolute atomic E-state index is 0.0740. The van der Waals surface area contributed by atoms with Gasteiger partial charge in [0.15, 0.2) is 0 Å². The number of aryl methyl sites for hydroxylation is 1. The van der Waals surface area contributed by atoms with Crippen LogP contribution in [0.1, 0.15) is 18.4 Å². The summed E-state index contributed by atoms with van der Waals surface area (Å²) in [6, 6.07) is 17.7. The Balaban J connectivity index is 1.49. The summed E-state index contributed by atoms with van der Waals surface area (Å²) in [5.41, 5.74) is 4.18. The number of hydrazine groups is 1. The highest BCUT2D eigenvalue weighted by atomic mass is 16.5. The molecule has 136 valence electrons. The van der Waals surface area contributed by atoms with Crippen LogP contribution in [0.15, 0.2) is 54.6 Å². The number of ether oxygens (including phenoxy) is 1. The van der Waals surface area contributed by atoms with Crippen LogP contribution in [0.5, 0.6) is 5.75 Å². The largest absolute Gasteiger partial charge is 0.494 e. The van der Waals surface area contributed by atoms with Gasteiger partial charge >= 0.3 is 0 Å². The van der Waals surface area contributed by atoms with Crippen LogP contribution in [-0.4, -0.2) is 25.0 Å². The molecule has 3 N–H and O–H groups in total. The topological polar surface area (TPSA) is 84.7 Å². The molecule has 0 spiro atoms.